The monoisotopic (exact) mass is 281 g/mol. The molecule has 0 aromatic heterocycles. The molecule has 104 valence electrons. The molecule has 0 radical (unpaired) electrons. The van der Waals surface area contributed by atoms with Crippen LogP contribution in [0, 0.1) is 0 Å². The second-order valence-corrected chi connectivity index (χ2v) is 5.58. The van der Waals surface area contributed by atoms with Crippen LogP contribution >= 0.6 is 11.6 Å². The van der Waals surface area contributed by atoms with Crippen LogP contribution in [0.5, 0.6) is 0 Å². The molecule has 1 N–H and O–H groups in total. The van der Waals surface area contributed by atoms with Crippen molar-refractivity contribution in [2.45, 2.75) is 37.1 Å². The van der Waals surface area contributed by atoms with Gasteiger partial charge in [-0.2, -0.15) is 0 Å². The fraction of sp³-hybridized carbons (Fsp3) is 0.533. The Labute approximate surface area is 119 Å². The van der Waals surface area contributed by atoms with Gasteiger partial charge < -0.3 is 5.11 Å². The molecule has 1 aromatic rings. The van der Waals surface area contributed by atoms with Crippen molar-refractivity contribution in [2.24, 2.45) is 0 Å². The summed E-state index contributed by atoms with van der Waals surface area (Å²) in [6.45, 7) is 1.62. The van der Waals surface area contributed by atoms with E-state index < -0.39 is 5.97 Å². The smallest absolute Gasteiger partial charge is 0.320 e. The van der Waals surface area contributed by atoms with Crippen molar-refractivity contribution >= 4 is 17.6 Å². The second kappa shape index (κ2) is 6.92. The zero-order valence-corrected chi connectivity index (χ0v) is 11.7. The van der Waals surface area contributed by atoms with Gasteiger partial charge in [-0.05, 0) is 31.4 Å². The van der Waals surface area contributed by atoms with Crippen LogP contribution in [0.1, 0.15) is 36.6 Å². The number of alkyl halides is 1. The predicted octanol–water partition coefficient (Wildman–Crippen LogP) is 3.30. The van der Waals surface area contributed by atoms with Crippen molar-refractivity contribution in [1.82, 2.24) is 4.90 Å². The molecule has 0 bridgehead atoms. The molecule has 1 heterocycles. The van der Waals surface area contributed by atoms with Gasteiger partial charge >= 0.3 is 5.97 Å². The van der Waals surface area contributed by atoms with Crippen LogP contribution in [0.4, 0.5) is 0 Å². The van der Waals surface area contributed by atoms with Crippen molar-refractivity contribution < 1.29 is 9.90 Å². The van der Waals surface area contributed by atoms with E-state index in [4.69, 9.17) is 11.6 Å². The Morgan fingerprint density at radius 3 is 2.79 bits per heavy atom. The van der Waals surface area contributed by atoms with E-state index in [1.807, 2.05) is 30.3 Å². The highest BCUT2D eigenvalue weighted by Crippen LogP contribution is 2.26. The maximum atomic E-state index is 11.2. The minimum Gasteiger partial charge on any atom is -0.480 e. The van der Waals surface area contributed by atoms with E-state index in [0.29, 0.717) is 0 Å². The maximum Gasteiger partial charge on any atom is 0.320 e. The summed E-state index contributed by atoms with van der Waals surface area (Å²) in [5.74, 6) is -0.703. The summed E-state index contributed by atoms with van der Waals surface area (Å²) in [6.07, 6.45) is 3.64. The molecule has 0 aliphatic carbocycles. The van der Waals surface area contributed by atoms with Crippen molar-refractivity contribution in [3.05, 3.63) is 35.9 Å². The fourth-order valence-corrected chi connectivity index (χ4v) is 2.89. The minimum atomic E-state index is -0.703. The number of carboxylic acids is 1. The zero-order valence-electron chi connectivity index (χ0n) is 11.0. The molecule has 0 saturated carbocycles. The molecule has 0 amide bonds. The van der Waals surface area contributed by atoms with Crippen LogP contribution in [-0.4, -0.2) is 35.1 Å². The molecule has 1 aromatic carbocycles. The number of nitrogens with zero attached hydrogens (tertiary/aromatic N) is 1. The molecule has 19 heavy (non-hydrogen) atoms. The standard InChI is InChI=1S/C15H20ClNO2/c16-13(12-6-2-1-3-7-12)9-11-17-10-5-4-8-14(17)15(18)19/h1-3,6-7,13-14H,4-5,8-11H2,(H,18,19). The average Bonchev–Trinajstić information content (AvgIpc) is 2.46. The molecule has 1 aliphatic heterocycles. The van der Waals surface area contributed by atoms with Crippen LogP contribution in [0.3, 0.4) is 0 Å². The van der Waals surface area contributed by atoms with Gasteiger partial charge in [0.2, 0.25) is 0 Å². The Kier molecular flexibility index (Phi) is 5.23. The van der Waals surface area contributed by atoms with E-state index in [-0.39, 0.29) is 11.4 Å². The number of carboxylic acid groups (broad SMARTS) is 1. The third-order valence-electron chi connectivity index (χ3n) is 3.73. The highest BCUT2D eigenvalue weighted by molar-refractivity contribution is 6.20. The minimum absolute atomic E-state index is 0.0439. The molecule has 0 spiro atoms. The maximum absolute atomic E-state index is 11.2. The van der Waals surface area contributed by atoms with Gasteiger partial charge in [-0.15, -0.1) is 11.6 Å². The number of aliphatic carboxylic acids is 1. The first-order chi connectivity index (χ1) is 9.18. The van der Waals surface area contributed by atoms with Gasteiger partial charge in [-0.3, -0.25) is 9.69 Å². The number of hydrogen-bond acceptors (Lipinski definition) is 2. The second-order valence-electron chi connectivity index (χ2n) is 5.05. The van der Waals surface area contributed by atoms with Gasteiger partial charge in [0.1, 0.15) is 6.04 Å². The lowest BCUT2D eigenvalue weighted by atomic mass is 10.0. The van der Waals surface area contributed by atoms with Gasteiger partial charge in [0.15, 0.2) is 0 Å². The van der Waals surface area contributed by atoms with Crippen molar-refractivity contribution in [3.63, 3.8) is 0 Å². The number of halogens is 1. The molecule has 2 unspecified atom stereocenters. The lowest BCUT2D eigenvalue weighted by Gasteiger charge is -2.33. The summed E-state index contributed by atoms with van der Waals surface area (Å²) < 4.78 is 0. The van der Waals surface area contributed by atoms with Gasteiger partial charge in [0, 0.05) is 6.54 Å². The largest absolute Gasteiger partial charge is 0.480 e. The summed E-state index contributed by atoms with van der Waals surface area (Å²) in [7, 11) is 0. The fourth-order valence-electron chi connectivity index (χ4n) is 2.65. The SMILES string of the molecule is O=C(O)C1CCCCN1CCC(Cl)c1ccccc1. The molecule has 2 atom stereocenters. The highest BCUT2D eigenvalue weighted by atomic mass is 35.5. The highest BCUT2D eigenvalue weighted by Gasteiger charge is 2.28. The normalized spacial score (nSPS) is 22.1. The first-order valence-electron chi connectivity index (χ1n) is 6.84. The first kappa shape index (κ1) is 14.4. The predicted molar refractivity (Wildman–Crippen MR) is 76.5 cm³/mol. The molecule has 1 fully saturated rings. The quantitative estimate of drug-likeness (QED) is 0.842. The topological polar surface area (TPSA) is 40.5 Å². The van der Waals surface area contributed by atoms with E-state index in [1.165, 1.54) is 0 Å². The average molecular weight is 282 g/mol. The third-order valence-corrected chi connectivity index (χ3v) is 4.20. The number of carbonyl (C=O) groups is 1. The van der Waals surface area contributed by atoms with Crippen LogP contribution in [0.2, 0.25) is 0 Å². The van der Waals surface area contributed by atoms with Gasteiger partial charge in [0.25, 0.3) is 0 Å². The summed E-state index contributed by atoms with van der Waals surface area (Å²) in [5.41, 5.74) is 1.10. The first-order valence-corrected chi connectivity index (χ1v) is 7.28. The van der Waals surface area contributed by atoms with E-state index in [0.717, 1.165) is 44.3 Å². The van der Waals surface area contributed by atoms with Crippen molar-refractivity contribution in [2.75, 3.05) is 13.1 Å². The van der Waals surface area contributed by atoms with Crippen LogP contribution in [0.15, 0.2) is 30.3 Å². The summed E-state index contributed by atoms with van der Waals surface area (Å²) in [5, 5.41) is 9.17. The van der Waals surface area contributed by atoms with Gasteiger partial charge in [0.05, 0.1) is 5.38 Å². The number of piperidine rings is 1. The Morgan fingerprint density at radius 1 is 1.37 bits per heavy atom. The van der Waals surface area contributed by atoms with Crippen LogP contribution < -0.4 is 0 Å². The molecular weight excluding hydrogens is 262 g/mol. The molecule has 3 nitrogen and oxygen atoms in total. The third kappa shape index (κ3) is 3.95. The number of rotatable bonds is 5. The summed E-state index contributed by atoms with van der Waals surface area (Å²) >= 11 is 6.38. The van der Waals surface area contributed by atoms with Gasteiger partial charge in [-0.25, -0.2) is 0 Å². The van der Waals surface area contributed by atoms with Crippen molar-refractivity contribution in [3.8, 4) is 0 Å². The summed E-state index contributed by atoms with van der Waals surface area (Å²) in [6, 6.07) is 9.63. The number of benzene rings is 1. The summed E-state index contributed by atoms with van der Waals surface area (Å²) in [4.78, 5) is 13.3. The molecule has 4 heteroatoms. The van der Waals surface area contributed by atoms with E-state index in [2.05, 4.69) is 4.90 Å². The Bertz CT molecular complexity index is 410. The van der Waals surface area contributed by atoms with E-state index in [9.17, 15) is 9.90 Å². The van der Waals surface area contributed by atoms with Crippen molar-refractivity contribution in [1.29, 1.82) is 0 Å². The van der Waals surface area contributed by atoms with Gasteiger partial charge in [-0.1, -0.05) is 36.8 Å². The molecule has 1 saturated heterocycles. The Morgan fingerprint density at radius 2 is 2.11 bits per heavy atom. The Hall–Kier alpha value is -1.06. The van der Waals surface area contributed by atoms with E-state index >= 15 is 0 Å². The Balaban J connectivity index is 1.88. The van der Waals surface area contributed by atoms with E-state index in [1.54, 1.807) is 0 Å². The molecular formula is C15H20ClNO2. The lowest BCUT2D eigenvalue weighted by Crippen LogP contribution is -2.45. The zero-order chi connectivity index (χ0) is 13.7. The molecule has 2 rings (SSSR count). The van der Waals surface area contributed by atoms with Crippen LogP contribution in [0.25, 0.3) is 0 Å². The lowest BCUT2D eigenvalue weighted by molar-refractivity contribution is -0.144. The molecule has 1 aliphatic rings. The van der Waals surface area contributed by atoms with Crippen LogP contribution in [-0.2, 0) is 4.79 Å². The number of likely N-dealkylation sites (tertiary alicyclic amines) is 1. The number of hydrogen-bond donors (Lipinski definition) is 1.